The van der Waals surface area contributed by atoms with Crippen molar-refractivity contribution in [2.45, 2.75) is 19.9 Å². The zero-order chi connectivity index (χ0) is 18.7. The van der Waals surface area contributed by atoms with Crippen LogP contribution >= 0.6 is 0 Å². The molecule has 0 saturated carbocycles. The number of halogens is 1. The van der Waals surface area contributed by atoms with Gasteiger partial charge in [0.05, 0.1) is 11.0 Å². The fourth-order valence-electron chi connectivity index (χ4n) is 3.49. The number of hydrogen-bond acceptors (Lipinski definition) is 4. The third-order valence-electron chi connectivity index (χ3n) is 4.66. The number of rotatable bonds is 2. The molecule has 5 rings (SSSR count). The van der Waals surface area contributed by atoms with E-state index < -0.39 is 5.82 Å². The van der Waals surface area contributed by atoms with Gasteiger partial charge in [0.2, 0.25) is 5.89 Å². The topological polar surface area (TPSA) is 65.3 Å². The number of nitrogens with zero attached hydrogens (tertiary/aromatic N) is 4. The average Bonchev–Trinajstić information content (AvgIpc) is 3.25. The smallest absolute Gasteiger partial charge is 0.278 e. The van der Waals surface area contributed by atoms with E-state index in [1.807, 2.05) is 38.1 Å². The minimum Gasteiger partial charge on any atom is -0.435 e. The third kappa shape index (κ3) is 2.21. The van der Waals surface area contributed by atoms with Crippen LogP contribution in [0.5, 0.6) is 0 Å². The Bertz CT molecular complexity index is 1360. The first-order chi connectivity index (χ1) is 13.0. The minimum absolute atomic E-state index is 0.154. The van der Waals surface area contributed by atoms with Crippen molar-refractivity contribution < 1.29 is 8.81 Å². The monoisotopic (exact) mass is 362 g/mol. The summed E-state index contributed by atoms with van der Waals surface area (Å²) in [6.45, 7) is 3.77. The van der Waals surface area contributed by atoms with E-state index in [4.69, 9.17) is 4.42 Å². The molecule has 3 heterocycles. The van der Waals surface area contributed by atoms with E-state index in [1.165, 1.54) is 12.1 Å². The van der Waals surface area contributed by atoms with Crippen LogP contribution in [0.15, 0.2) is 58.0 Å². The van der Waals surface area contributed by atoms with Gasteiger partial charge in [0, 0.05) is 6.04 Å². The number of oxazole rings is 1. The standard InChI is InChI=1S/C20H15FN4O2/c1-11(2)25-15-9-12(21)7-8-14(15)24-10-22-17(18(24)20(25)26)19-23-13-5-3-4-6-16(13)27-19/h3-11H,1-2H3. The van der Waals surface area contributed by atoms with Gasteiger partial charge in [-0.1, -0.05) is 12.1 Å². The van der Waals surface area contributed by atoms with Crippen LogP contribution in [0.25, 0.3) is 39.2 Å². The van der Waals surface area contributed by atoms with E-state index in [1.54, 1.807) is 21.4 Å². The Morgan fingerprint density at radius 3 is 2.70 bits per heavy atom. The van der Waals surface area contributed by atoms with Crippen molar-refractivity contribution in [1.29, 1.82) is 0 Å². The van der Waals surface area contributed by atoms with Crippen LogP contribution in [-0.4, -0.2) is 18.9 Å². The van der Waals surface area contributed by atoms with Gasteiger partial charge in [0.15, 0.2) is 11.3 Å². The summed E-state index contributed by atoms with van der Waals surface area (Å²) < 4.78 is 22.9. The van der Waals surface area contributed by atoms with Crippen LogP contribution in [0.3, 0.4) is 0 Å². The normalized spacial score (nSPS) is 12.0. The molecular formula is C20H15FN4O2. The molecule has 0 amide bonds. The highest BCUT2D eigenvalue weighted by atomic mass is 19.1. The summed E-state index contributed by atoms with van der Waals surface area (Å²) in [7, 11) is 0. The predicted molar refractivity (Wildman–Crippen MR) is 100 cm³/mol. The number of para-hydroxylation sites is 2. The summed E-state index contributed by atoms with van der Waals surface area (Å²) >= 11 is 0. The zero-order valence-corrected chi connectivity index (χ0v) is 14.7. The Hall–Kier alpha value is -3.48. The molecule has 0 saturated heterocycles. The van der Waals surface area contributed by atoms with E-state index in [-0.39, 0.29) is 17.5 Å². The van der Waals surface area contributed by atoms with E-state index in [2.05, 4.69) is 9.97 Å². The SMILES string of the molecule is CC(C)n1c(=O)c2c(-c3nc4ccccc4o3)ncn2c2ccc(F)cc21. The Balaban J connectivity index is 1.92. The summed E-state index contributed by atoms with van der Waals surface area (Å²) in [5.74, 6) is -0.109. The lowest BCUT2D eigenvalue weighted by atomic mass is 10.2. The van der Waals surface area contributed by atoms with Crippen molar-refractivity contribution >= 4 is 27.6 Å². The predicted octanol–water partition coefficient (Wildman–Crippen LogP) is 4.18. The van der Waals surface area contributed by atoms with Crippen molar-refractivity contribution in [2.75, 3.05) is 0 Å². The second kappa shape index (κ2) is 5.51. The molecule has 27 heavy (non-hydrogen) atoms. The van der Waals surface area contributed by atoms with Gasteiger partial charge in [-0.05, 0) is 44.2 Å². The largest absolute Gasteiger partial charge is 0.435 e. The molecule has 6 nitrogen and oxygen atoms in total. The van der Waals surface area contributed by atoms with Crippen molar-refractivity contribution in [3.63, 3.8) is 0 Å². The first-order valence-corrected chi connectivity index (χ1v) is 8.61. The van der Waals surface area contributed by atoms with Crippen LogP contribution in [0.1, 0.15) is 19.9 Å². The van der Waals surface area contributed by atoms with Gasteiger partial charge in [0.1, 0.15) is 23.2 Å². The van der Waals surface area contributed by atoms with E-state index >= 15 is 0 Å². The van der Waals surface area contributed by atoms with Crippen LogP contribution < -0.4 is 5.56 Å². The zero-order valence-electron chi connectivity index (χ0n) is 14.7. The van der Waals surface area contributed by atoms with Crippen LogP contribution in [0.2, 0.25) is 0 Å². The first kappa shape index (κ1) is 15.7. The molecule has 0 atom stereocenters. The average molecular weight is 362 g/mol. The third-order valence-corrected chi connectivity index (χ3v) is 4.66. The molecule has 0 spiro atoms. The fourth-order valence-corrected chi connectivity index (χ4v) is 3.49. The molecule has 7 heteroatoms. The Morgan fingerprint density at radius 1 is 1.11 bits per heavy atom. The summed E-state index contributed by atoms with van der Waals surface area (Å²) in [6, 6.07) is 11.6. The Morgan fingerprint density at radius 2 is 1.93 bits per heavy atom. The summed E-state index contributed by atoms with van der Waals surface area (Å²) in [6.07, 6.45) is 1.55. The Labute approximate surface area is 152 Å². The molecule has 2 aromatic carbocycles. The highest BCUT2D eigenvalue weighted by Crippen LogP contribution is 2.28. The quantitative estimate of drug-likeness (QED) is 0.473. The second-order valence-corrected chi connectivity index (χ2v) is 6.70. The molecule has 0 aliphatic heterocycles. The van der Waals surface area contributed by atoms with Gasteiger partial charge in [-0.25, -0.2) is 14.4 Å². The number of hydrogen-bond donors (Lipinski definition) is 0. The summed E-state index contributed by atoms with van der Waals surface area (Å²) in [4.78, 5) is 22.1. The first-order valence-electron chi connectivity index (χ1n) is 8.61. The molecule has 0 radical (unpaired) electrons. The summed E-state index contributed by atoms with van der Waals surface area (Å²) in [5, 5.41) is 0. The van der Waals surface area contributed by atoms with Gasteiger partial charge in [0.25, 0.3) is 5.56 Å². The lowest BCUT2D eigenvalue weighted by Gasteiger charge is -2.15. The van der Waals surface area contributed by atoms with Crippen molar-refractivity contribution in [3.8, 4) is 11.6 Å². The van der Waals surface area contributed by atoms with Gasteiger partial charge in [-0.3, -0.25) is 9.20 Å². The molecule has 134 valence electrons. The maximum Gasteiger partial charge on any atom is 0.278 e. The second-order valence-electron chi connectivity index (χ2n) is 6.70. The van der Waals surface area contributed by atoms with E-state index in [0.717, 1.165) is 0 Å². The molecule has 5 aromatic rings. The lowest BCUT2D eigenvalue weighted by molar-refractivity contribution is 0.593. The van der Waals surface area contributed by atoms with E-state index in [0.29, 0.717) is 33.3 Å². The fraction of sp³-hybridized carbons (Fsp3) is 0.150. The van der Waals surface area contributed by atoms with Gasteiger partial charge < -0.3 is 8.98 Å². The van der Waals surface area contributed by atoms with Crippen molar-refractivity contribution in [2.24, 2.45) is 0 Å². The van der Waals surface area contributed by atoms with E-state index in [9.17, 15) is 9.18 Å². The maximum atomic E-state index is 13.8. The number of benzene rings is 2. The van der Waals surface area contributed by atoms with Crippen LogP contribution in [-0.2, 0) is 0 Å². The summed E-state index contributed by atoms with van der Waals surface area (Å²) in [5.41, 5.74) is 2.99. The molecule has 0 aliphatic rings. The van der Waals surface area contributed by atoms with Crippen LogP contribution in [0.4, 0.5) is 4.39 Å². The molecule has 0 aliphatic carbocycles. The molecule has 0 bridgehead atoms. The van der Waals surface area contributed by atoms with Gasteiger partial charge >= 0.3 is 0 Å². The number of imidazole rings is 1. The molecule has 3 aromatic heterocycles. The van der Waals surface area contributed by atoms with Crippen molar-refractivity contribution in [3.05, 3.63) is 65.0 Å². The van der Waals surface area contributed by atoms with Gasteiger partial charge in [-0.2, -0.15) is 0 Å². The number of fused-ring (bicyclic) bond motifs is 4. The maximum absolute atomic E-state index is 13.8. The van der Waals surface area contributed by atoms with Crippen LogP contribution in [0, 0.1) is 5.82 Å². The van der Waals surface area contributed by atoms with Crippen molar-refractivity contribution in [1.82, 2.24) is 18.9 Å². The Kier molecular flexibility index (Phi) is 3.21. The molecule has 0 fully saturated rings. The lowest BCUT2D eigenvalue weighted by Crippen LogP contribution is -2.24. The molecule has 0 N–H and O–H groups in total. The van der Waals surface area contributed by atoms with Gasteiger partial charge in [-0.15, -0.1) is 0 Å². The highest BCUT2D eigenvalue weighted by molar-refractivity contribution is 5.85. The minimum atomic E-state index is -0.394. The molecule has 0 unspecified atom stereocenters. The highest BCUT2D eigenvalue weighted by Gasteiger charge is 2.21. The molecular weight excluding hydrogens is 347 g/mol. The number of aromatic nitrogens is 4.